The van der Waals surface area contributed by atoms with Gasteiger partial charge in [0, 0.05) is 10.2 Å². The first-order chi connectivity index (χ1) is 8.70. The van der Waals surface area contributed by atoms with Crippen LogP contribution < -0.4 is 15.8 Å². The van der Waals surface area contributed by atoms with E-state index in [1.165, 1.54) is 6.33 Å². The summed E-state index contributed by atoms with van der Waals surface area (Å²) in [7, 11) is 0. The van der Waals surface area contributed by atoms with Crippen LogP contribution in [0.5, 0.6) is 5.88 Å². The van der Waals surface area contributed by atoms with Crippen molar-refractivity contribution in [3.05, 3.63) is 35.1 Å². The number of nitrogens with two attached hydrogens (primary N) is 1. The predicted molar refractivity (Wildman–Crippen MR) is 75.0 cm³/mol. The van der Waals surface area contributed by atoms with Crippen molar-refractivity contribution in [1.29, 1.82) is 0 Å². The number of anilines is 3. The van der Waals surface area contributed by atoms with E-state index in [1.54, 1.807) is 0 Å². The lowest BCUT2D eigenvalue weighted by molar-refractivity contribution is 0.328. The first kappa shape index (κ1) is 12.6. The van der Waals surface area contributed by atoms with Gasteiger partial charge >= 0.3 is 0 Å². The van der Waals surface area contributed by atoms with Crippen molar-refractivity contribution in [1.82, 2.24) is 9.97 Å². The molecule has 1 aromatic heterocycles. The van der Waals surface area contributed by atoms with E-state index in [0.717, 1.165) is 10.2 Å². The lowest BCUT2D eigenvalue weighted by Crippen LogP contribution is -2.04. The van der Waals surface area contributed by atoms with Crippen molar-refractivity contribution in [2.45, 2.75) is 6.92 Å². The van der Waals surface area contributed by atoms with E-state index in [0.29, 0.717) is 24.0 Å². The molecule has 2 aromatic rings. The van der Waals surface area contributed by atoms with Crippen LogP contribution in [0.3, 0.4) is 0 Å². The topological polar surface area (TPSA) is 73.1 Å². The molecule has 1 aromatic carbocycles. The minimum absolute atomic E-state index is 0.395. The maximum atomic E-state index is 5.93. The Morgan fingerprint density at radius 2 is 2.00 bits per heavy atom. The van der Waals surface area contributed by atoms with Crippen LogP contribution in [0.25, 0.3) is 0 Å². The van der Waals surface area contributed by atoms with Crippen molar-refractivity contribution in [3.8, 4) is 5.88 Å². The number of nitrogens with one attached hydrogen (secondary N) is 1. The van der Waals surface area contributed by atoms with Gasteiger partial charge in [-0.3, -0.25) is 0 Å². The Bertz CT molecular complexity index is 530. The normalized spacial score (nSPS) is 10.1. The van der Waals surface area contributed by atoms with Gasteiger partial charge in [0.15, 0.2) is 5.82 Å². The fourth-order valence-corrected chi connectivity index (χ4v) is 1.67. The van der Waals surface area contributed by atoms with E-state index in [9.17, 15) is 0 Å². The van der Waals surface area contributed by atoms with Crippen molar-refractivity contribution >= 4 is 33.1 Å². The minimum Gasteiger partial charge on any atom is -0.476 e. The number of nitrogen functional groups attached to an aromatic ring is 1. The number of benzene rings is 1. The third-order valence-electron chi connectivity index (χ3n) is 2.24. The Kier molecular flexibility index (Phi) is 3.99. The van der Waals surface area contributed by atoms with Crippen LogP contribution in [0.2, 0.25) is 0 Å². The summed E-state index contributed by atoms with van der Waals surface area (Å²) in [6.07, 6.45) is 1.42. The molecule has 18 heavy (non-hydrogen) atoms. The molecule has 6 heteroatoms. The average Bonchev–Trinajstić information content (AvgIpc) is 2.37. The van der Waals surface area contributed by atoms with Crippen LogP contribution in [0, 0.1) is 0 Å². The van der Waals surface area contributed by atoms with Gasteiger partial charge in [0.1, 0.15) is 12.0 Å². The maximum absolute atomic E-state index is 5.93. The second-order valence-electron chi connectivity index (χ2n) is 3.51. The Morgan fingerprint density at radius 1 is 1.28 bits per heavy atom. The molecule has 0 aliphatic carbocycles. The molecular weight excluding hydrogens is 296 g/mol. The van der Waals surface area contributed by atoms with Gasteiger partial charge in [0.2, 0.25) is 5.88 Å². The Balaban J connectivity index is 2.23. The standard InChI is InChI=1S/C12H13BrN4O/c1-2-18-12-10(14)11(15-7-16-12)17-9-5-3-8(13)4-6-9/h3-7H,2,14H2,1H3,(H,15,16,17). The summed E-state index contributed by atoms with van der Waals surface area (Å²) in [5.74, 6) is 0.933. The predicted octanol–water partition coefficient (Wildman–Crippen LogP) is 2.96. The molecule has 3 N–H and O–H groups in total. The molecule has 0 aliphatic heterocycles. The third kappa shape index (κ3) is 2.89. The van der Waals surface area contributed by atoms with Gasteiger partial charge in [0.05, 0.1) is 6.61 Å². The van der Waals surface area contributed by atoms with E-state index in [4.69, 9.17) is 10.5 Å². The minimum atomic E-state index is 0.395. The first-order valence-corrected chi connectivity index (χ1v) is 6.26. The van der Waals surface area contributed by atoms with Crippen molar-refractivity contribution in [2.75, 3.05) is 17.7 Å². The number of aromatic nitrogens is 2. The highest BCUT2D eigenvalue weighted by Crippen LogP contribution is 2.27. The zero-order valence-corrected chi connectivity index (χ0v) is 11.4. The average molecular weight is 309 g/mol. The molecule has 2 rings (SSSR count). The summed E-state index contributed by atoms with van der Waals surface area (Å²) < 4.78 is 6.32. The fourth-order valence-electron chi connectivity index (χ4n) is 1.40. The monoisotopic (exact) mass is 308 g/mol. The number of ether oxygens (including phenoxy) is 1. The number of hydrogen-bond donors (Lipinski definition) is 2. The van der Waals surface area contributed by atoms with Gasteiger partial charge in [0.25, 0.3) is 0 Å². The first-order valence-electron chi connectivity index (χ1n) is 5.46. The van der Waals surface area contributed by atoms with E-state index in [-0.39, 0.29) is 0 Å². The summed E-state index contributed by atoms with van der Waals surface area (Å²) in [4.78, 5) is 8.08. The van der Waals surface area contributed by atoms with Gasteiger partial charge in [-0.05, 0) is 31.2 Å². The zero-order chi connectivity index (χ0) is 13.0. The van der Waals surface area contributed by atoms with E-state index in [1.807, 2.05) is 31.2 Å². The fraction of sp³-hybridized carbons (Fsp3) is 0.167. The molecule has 94 valence electrons. The second-order valence-corrected chi connectivity index (χ2v) is 4.42. The lowest BCUT2D eigenvalue weighted by atomic mass is 10.3. The number of rotatable bonds is 4. The largest absolute Gasteiger partial charge is 0.476 e. The molecular formula is C12H13BrN4O. The van der Waals surface area contributed by atoms with E-state index < -0.39 is 0 Å². The molecule has 0 saturated carbocycles. The van der Waals surface area contributed by atoms with Crippen LogP contribution in [-0.4, -0.2) is 16.6 Å². The van der Waals surface area contributed by atoms with Crippen LogP contribution in [0.4, 0.5) is 17.2 Å². The number of hydrogen-bond acceptors (Lipinski definition) is 5. The Labute approximate surface area is 114 Å². The molecule has 5 nitrogen and oxygen atoms in total. The number of halogens is 1. The van der Waals surface area contributed by atoms with E-state index in [2.05, 4.69) is 31.2 Å². The number of nitrogens with zero attached hydrogens (tertiary/aromatic N) is 2. The van der Waals surface area contributed by atoms with Crippen LogP contribution in [0.1, 0.15) is 6.92 Å². The summed E-state index contributed by atoms with van der Waals surface area (Å²) in [5.41, 5.74) is 7.22. The van der Waals surface area contributed by atoms with Crippen LogP contribution in [-0.2, 0) is 0 Å². The molecule has 0 amide bonds. The summed E-state index contributed by atoms with van der Waals surface area (Å²) in [6.45, 7) is 2.39. The SMILES string of the molecule is CCOc1ncnc(Nc2ccc(Br)cc2)c1N. The molecule has 0 saturated heterocycles. The molecule has 0 spiro atoms. The summed E-state index contributed by atoms with van der Waals surface area (Å²) >= 11 is 3.38. The summed E-state index contributed by atoms with van der Waals surface area (Å²) in [6, 6.07) is 7.71. The summed E-state index contributed by atoms with van der Waals surface area (Å²) in [5, 5.41) is 3.12. The molecule has 0 fully saturated rings. The van der Waals surface area contributed by atoms with Gasteiger partial charge in [-0.15, -0.1) is 0 Å². The van der Waals surface area contributed by atoms with Crippen LogP contribution >= 0.6 is 15.9 Å². The van der Waals surface area contributed by atoms with Gasteiger partial charge < -0.3 is 15.8 Å². The zero-order valence-electron chi connectivity index (χ0n) is 9.85. The second kappa shape index (κ2) is 5.68. The van der Waals surface area contributed by atoms with Crippen molar-refractivity contribution in [2.24, 2.45) is 0 Å². The third-order valence-corrected chi connectivity index (χ3v) is 2.76. The molecule has 0 aliphatic rings. The van der Waals surface area contributed by atoms with Gasteiger partial charge in [-0.2, -0.15) is 4.98 Å². The molecule has 0 bridgehead atoms. The van der Waals surface area contributed by atoms with Gasteiger partial charge in [-0.1, -0.05) is 15.9 Å². The highest BCUT2D eigenvalue weighted by Gasteiger charge is 2.08. The Hall–Kier alpha value is -1.82. The molecule has 0 unspecified atom stereocenters. The van der Waals surface area contributed by atoms with Crippen molar-refractivity contribution < 1.29 is 4.74 Å². The Morgan fingerprint density at radius 3 is 2.67 bits per heavy atom. The molecule has 1 heterocycles. The van der Waals surface area contributed by atoms with Crippen LogP contribution in [0.15, 0.2) is 35.1 Å². The quantitative estimate of drug-likeness (QED) is 0.908. The van der Waals surface area contributed by atoms with Gasteiger partial charge in [-0.25, -0.2) is 4.98 Å². The van der Waals surface area contributed by atoms with Crippen molar-refractivity contribution in [3.63, 3.8) is 0 Å². The molecule has 0 atom stereocenters. The lowest BCUT2D eigenvalue weighted by Gasteiger charge is -2.10. The van der Waals surface area contributed by atoms with E-state index >= 15 is 0 Å². The highest BCUT2D eigenvalue weighted by atomic mass is 79.9. The highest BCUT2D eigenvalue weighted by molar-refractivity contribution is 9.10. The molecule has 0 radical (unpaired) electrons. The smallest absolute Gasteiger partial charge is 0.242 e. The maximum Gasteiger partial charge on any atom is 0.242 e.